The van der Waals surface area contributed by atoms with Crippen LogP contribution in [0.1, 0.15) is 10.4 Å². The molecule has 0 aliphatic rings. The highest BCUT2D eigenvalue weighted by Gasteiger charge is 2.11. The molecule has 0 radical (unpaired) electrons. The largest absolute Gasteiger partial charge is 0.322 e. The van der Waals surface area contributed by atoms with Crippen molar-refractivity contribution in [3.8, 4) is 10.6 Å². The summed E-state index contributed by atoms with van der Waals surface area (Å²) in [5.41, 5.74) is 2.30. The monoisotopic (exact) mass is 447 g/mol. The average molecular weight is 447 g/mol. The van der Waals surface area contributed by atoms with Crippen molar-refractivity contribution in [2.24, 2.45) is 0 Å². The van der Waals surface area contributed by atoms with Crippen LogP contribution in [-0.4, -0.2) is 25.7 Å². The number of carbonyl (C=O) groups is 1. The number of amides is 1. The Morgan fingerprint density at radius 3 is 2.88 bits per heavy atom. The van der Waals surface area contributed by atoms with Crippen LogP contribution in [0.3, 0.4) is 0 Å². The molecule has 0 unspecified atom stereocenters. The number of benzene rings is 2. The zero-order valence-corrected chi connectivity index (χ0v) is 15.2. The highest BCUT2D eigenvalue weighted by molar-refractivity contribution is 14.1. The van der Waals surface area contributed by atoms with Crippen molar-refractivity contribution in [2.75, 3.05) is 5.32 Å². The van der Waals surface area contributed by atoms with Crippen molar-refractivity contribution in [1.82, 2.24) is 19.8 Å². The molecule has 0 saturated heterocycles. The minimum absolute atomic E-state index is 0.129. The van der Waals surface area contributed by atoms with Gasteiger partial charge in [-0.05, 0) is 46.9 Å². The van der Waals surface area contributed by atoms with E-state index in [9.17, 15) is 4.79 Å². The number of nitrogens with one attached hydrogen (secondary N) is 1. The fourth-order valence-corrected chi connectivity index (χ4v) is 3.70. The molecular weight excluding hydrogens is 437 g/mol. The number of carbonyl (C=O) groups excluding carboxylic acids is 1. The third-order valence-corrected chi connectivity index (χ3v) is 5.28. The normalized spacial score (nSPS) is 10.9. The van der Waals surface area contributed by atoms with Gasteiger partial charge >= 0.3 is 0 Å². The number of fused-ring (bicyclic) bond motifs is 1. The van der Waals surface area contributed by atoms with Gasteiger partial charge < -0.3 is 5.32 Å². The predicted molar refractivity (Wildman–Crippen MR) is 101 cm³/mol. The molecule has 4 aromatic rings. The van der Waals surface area contributed by atoms with Crippen LogP contribution in [0.4, 0.5) is 5.69 Å². The van der Waals surface area contributed by atoms with Gasteiger partial charge in [-0.15, -0.1) is 10.2 Å². The summed E-state index contributed by atoms with van der Waals surface area (Å²) < 4.78 is 2.55. The topological polar surface area (TPSA) is 72.2 Å². The maximum atomic E-state index is 12.4. The van der Waals surface area contributed by atoms with E-state index in [2.05, 4.69) is 43.2 Å². The van der Waals surface area contributed by atoms with E-state index in [0.29, 0.717) is 5.56 Å². The number of hydrogen-bond donors (Lipinski definition) is 1. The van der Waals surface area contributed by atoms with Gasteiger partial charge in [0.25, 0.3) is 5.91 Å². The molecule has 118 valence electrons. The van der Waals surface area contributed by atoms with Crippen LogP contribution in [0.5, 0.6) is 0 Å². The first kappa shape index (κ1) is 15.2. The van der Waals surface area contributed by atoms with Gasteiger partial charge in [0.2, 0.25) is 4.96 Å². The van der Waals surface area contributed by atoms with E-state index in [-0.39, 0.29) is 5.91 Å². The first-order valence-electron chi connectivity index (χ1n) is 7.04. The van der Waals surface area contributed by atoms with Gasteiger partial charge in [0.15, 0.2) is 0 Å². The second-order valence-electron chi connectivity index (χ2n) is 4.98. The van der Waals surface area contributed by atoms with Crippen LogP contribution < -0.4 is 5.32 Å². The van der Waals surface area contributed by atoms with Crippen molar-refractivity contribution in [3.05, 3.63) is 64.0 Å². The van der Waals surface area contributed by atoms with Gasteiger partial charge in [0, 0.05) is 14.8 Å². The SMILES string of the molecule is O=C(Nc1cccc(-c2nn3cnnc3s2)c1)c1ccccc1I. The van der Waals surface area contributed by atoms with Crippen molar-refractivity contribution >= 4 is 50.5 Å². The Labute approximate surface area is 154 Å². The summed E-state index contributed by atoms with van der Waals surface area (Å²) in [5.74, 6) is -0.129. The Morgan fingerprint density at radius 2 is 2.04 bits per heavy atom. The quantitative estimate of drug-likeness (QED) is 0.486. The Hall–Kier alpha value is -2.33. The molecule has 1 amide bonds. The lowest BCUT2D eigenvalue weighted by Crippen LogP contribution is -2.13. The number of rotatable bonds is 3. The van der Waals surface area contributed by atoms with E-state index in [1.807, 2.05) is 48.5 Å². The fraction of sp³-hybridized carbons (Fsp3) is 0. The molecule has 2 aromatic heterocycles. The predicted octanol–water partition coefficient (Wildman–Crippen LogP) is 3.71. The number of aromatic nitrogens is 4. The number of hydrogen-bond acceptors (Lipinski definition) is 5. The molecule has 0 saturated carbocycles. The van der Waals surface area contributed by atoms with Crippen LogP contribution in [0.25, 0.3) is 15.5 Å². The highest BCUT2D eigenvalue weighted by atomic mass is 127. The van der Waals surface area contributed by atoms with Gasteiger partial charge in [0.05, 0.1) is 5.56 Å². The maximum absolute atomic E-state index is 12.4. The van der Waals surface area contributed by atoms with E-state index < -0.39 is 0 Å². The molecule has 8 heteroatoms. The molecule has 4 rings (SSSR count). The van der Waals surface area contributed by atoms with Crippen LogP contribution in [-0.2, 0) is 0 Å². The second-order valence-corrected chi connectivity index (χ2v) is 7.10. The molecule has 24 heavy (non-hydrogen) atoms. The summed E-state index contributed by atoms with van der Waals surface area (Å²) in [4.78, 5) is 13.2. The van der Waals surface area contributed by atoms with Crippen molar-refractivity contribution in [2.45, 2.75) is 0 Å². The van der Waals surface area contributed by atoms with Crippen LogP contribution >= 0.6 is 33.9 Å². The summed E-state index contributed by atoms with van der Waals surface area (Å²) in [6.45, 7) is 0. The van der Waals surface area contributed by atoms with Gasteiger partial charge in [-0.25, -0.2) is 0 Å². The van der Waals surface area contributed by atoms with E-state index in [4.69, 9.17) is 0 Å². The minimum Gasteiger partial charge on any atom is -0.322 e. The average Bonchev–Trinajstić information content (AvgIpc) is 3.17. The molecular formula is C16H10IN5OS. The van der Waals surface area contributed by atoms with Crippen LogP contribution in [0.15, 0.2) is 54.9 Å². The molecule has 2 aromatic carbocycles. The van der Waals surface area contributed by atoms with E-state index in [0.717, 1.165) is 24.8 Å². The molecule has 0 spiro atoms. The number of halogens is 1. The summed E-state index contributed by atoms with van der Waals surface area (Å²) in [6, 6.07) is 15.1. The number of anilines is 1. The number of nitrogens with zero attached hydrogens (tertiary/aromatic N) is 4. The molecule has 0 fully saturated rings. The molecule has 0 aliphatic carbocycles. The lowest BCUT2D eigenvalue weighted by Gasteiger charge is -2.07. The van der Waals surface area contributed by atoms with E-state index in [1.54, 1.807) is 10.8 Å². The molecule has 0 aliphatic heterocycles. The summed E-state index contributed by atoms with van der Waals surface area (Å²) in [6.07, 6.45) is 1.57. The second kappa shape index (κ2) is 6.29. The van der Waals surface area contributed by atoms with Gasteiger partial charge in [0.1, 0.15) is 11.3 Å². The summed E-state index contributed by atoms with van der Waals surface area (Å²) >= 11 is 3.60. The van der Waals surface area contributed by atoms with E-state index in [1.165, 1.54) is 11.3 Å². The van der Waals surface area contributed by atoms with Crippen molar-refractivity contribution in [3.63, 3.8) is 0 Å². The van der Waals surface area contributed by atoms with Crippen LogP contribution in [0.2, 0.25) is 0 Å². The third kappa shape index (κ3) is 2.89. The zero-order chi connectivity index (χ0) is 16.5. The smallest absolute Gasteiger partial charge is 0.256 e. The van der Waals surface area contributed by atoms with Gasteiger partial charge in [-0.2, -0.15) is 9.61 Å². The Balaban J connectivity index is 1.62. The zero-order valence-electron chi connectivity index (χ0n) is 12.2. The first-order valence-corrected chi connectivity index (χ1v) is 8.93. The van der Waals surface area contributed by atoms with Crippen LogP contribution in [0, 0.1) is 3.57 Å². The Bertz CT molecular complexity index is 1010. The first-order chi connectivity index (χ1) is 11.7. The van der Waals surface area contributed by atoms with E-state index >= 15 is 0 Å². The lowest BCUT2D eigenvalue weighted by atomic mass is 10.2. The van der Waals surface area contributed by atoms with Crippen molar-refractivity contribution < 1.29 is 4.79 Å². The lowest BCUT2D eigenvalue weighted by molar-refractivity contribution is 0.102. The summed E-state index contributed by atoms with van der Waals surface area (Å²) in [7, 11) is 0. The van der Waals surface area contributed by atoms with Gasteiger partial charge in [-0.3, -0.25) is 4.79 Å². The molecule has 6 nitrogen and oxygen atoms in total. The fourth-order valence-electron chi connectivity index (χ4n) is 2.25. The molecule has 2 heterocycles. The minimum atomic E-state index is -0.129. The highest BCUT2D eigenvalue weighted by Crippen LogP contribution is 2.27. The maximum Gasteiger partial charge on any atom is 0.256 e. The van der Waals surface area contributed by atoms with Crippen molar-refractivity contribution in [1.29, 1.82) is 0 Å². The third-order valence-electron chi connectivity index (χ3n) is 3.37. The molecule has 0 atom stereocenters. The Morgan fingerprint density at radius 1 is 1.17 bits per heavy atom. The van der Waals surface area contributed by atoms with Gasteiger partial charge in [-0.1, -0.05) is 35.6 Å². The molecule has 1 N–H and O–H groups in total. The Kier molecular flexibility index (Phi) is 3.98. The molecule has 0 bridgehead atoms. The summed E-state index contributed by atoms with van der Waals surface area (Å²) in [5, 5.41) is 16.0. The standard InChI is InChI=1S/C16H10IN5OS/c17-13-7-2-1-6-12(13)14(23)19-11-5-3-4-10(8-11)15-21-22-9-18-20-16(22)24-15/h1-9H,(H,19,23).